The Labute approximate surface area is 450 Å². The lowest BCUT2D eigenvalue weighted by Gasteiger charge is -2.32. The molecule has 0 radical (unpaired) electrons. The minimum absolute atomic E-state index is 0.0211. The quantitative estimate of drug-likeness (QED) is 0.0513. The molecular weight excluding hydrogens is 1000 g/mol. The van der Waals surface area contributed by atoms with Crippen molar-refractivity contribution in [2.75, 3.05) is 34.4 Å². The summed E-state index contributed by atoms with van der Waals surface area (Å²) < 4.78 is 7.31. The molecule has 78 heavy (non-hydrogen) atoms. The summed E-state index contributed by atoms with van der Waals surface area (Å²) in [6.07, 6.45) is 14.4. The number of imidazole rings is 4. The van der Waals surface area contributed by atoms with Crippen molar-refractivity contribution >= 4 is 63.7 Å². The Bertz CT molecular complexity index is 2830. The van der Waals surface area contributed by atoms with Crippen LogP contribution in [0.1, 0.15) is 114 Å². The largest absolute Gasteiger partial charge is 0.388 e. The maximum absolute atomic E-state index is 13.5. The second-order valence-corrected chi connectivity index (χ2v) is 21.5. The number of hydrogen-bond donors (Lipinski definition) is 12. The zero-order valence-electron chi connectivity index (χ0n) is 44.6. The highest BCUT2D eigenvalue weighted by Gasteiger charge is 2.45. The lowest BCUT2D eigenvalue weighted by atomic mass is 9.90. The number of aromatic nitrogens is 12. The first kappa shape index (κ1) is 54.1. The van der Waals surface area contributed by atoms with Crippen molar-refractivity contribution in [2.24, 2.45) is 14.1 Å². The Hall–Kier alpha value is -7.23. The van der Waals surface area contributed by atoms with Crippen LogP contribution in [0.25, 0.3) is 22.3 Å². The second-order valence-electron chi connectivity index (χ2n) is 21.5. The Morgan fingerprint density at radius 2 is 0.923 bits per heavy atom. The van der Waals surface area contributed by atoms with E-state index in [9.17, 15) is 34.8 Å². The third kappa shape index (κ3) is 12.2. The fraction of sp³-hybridized carbons (Fsp3) is 0.627. The summed E-state index contributed by atoms with van der Waals surface area (Å²) in [5, 5.41) is 70.3. The van der Waals surface area contributed by atoms with E-state index < -0.39 is 48.6 Å². The maximum atomic E-state index is 13.5. The summed E-state index contributed by atoms with van der Waals surface area (Å²) in [5.41, 5.74) is 3.83. The lowest BCUT2D eigenvalue weighted by molar-refractivity contribution is -0.123. The number of fused-ring (bicyclic) bond motifs is 2. The van der Waals surface area contributed by atoms with Crippen molar-refractivity contribution in [1.82, 2.24) is 79.4 Å². The Morgan fingerprint density at radius 1 is 0.526 bits per heavy atom. The maximum Gasteiger partial charge on any atom is 0.315 e. The molecule has 0 saturated heterocycles. The van der Waals surface area contributed by atoms with E-state index in [1.165, 1.54) is 0 Å². The molecule has 0 bridgehead atoms. The van der Waals surface area contributed by atoms with Crippen LogP contribution in [0.2, 0.25) is 0 Å². The predicted molar refractivity (Wildman–Crippen MR) is 288 cm³/mol. The first-order valence-corrected chi connectivity index (χ1v) is 27.5. The number of carbonyl (C=O) groups excluding carboxylic acids is 3. The van der Waals surface area contributed by atoms with Gasteiger partial charge in [-0.25, -0.2) is 24.7 Å². The summed E-state index contributed by atoms with van der Waals surface area (Å²) in [4.78, 5) is 75.7. The third-order valence-electron chi connectivity index (χ3n) is 15.8. The van der Waals surface area contributed by atoms with E-state index in [2.05, 4.69) is 52.5 Å². The molecule has 12 N–H and O–H groups in total. The van der Waals surface area contributed by atoms with Crippen LogP contribution in [0.4, 0.5) is 28.3 Å². The molecule has 27 heteroatoms. The molecule has 4 aliphatic rings. The summed E-state index contributed by atoms with van der Waals surface area (Å²) in [5.74, 6) is 1.40. The number of amides is 4. The van der Waals surface area contributed by atoms with Gasteiger partial charge in [-0.2, -0.15) is 19.9 Å². The highest BCUT2D eigenvalue weighted by atomic mass is 16.3. The van der Waals surface area contributed by atoms with Gasteiger partial charge in [0.05, 0.1) is 60.9 Å². The lowest BCUT2D eigenvalue weighted by Crippen LogP contribution is -2.49. The SMILES string of the molecule is CCC(=O)N[C@H]1C[C@@H](n2cnc3c(N[C@H]4CC[C@H](NC(=O)N[C@H]5CC[C@H](Nc6nc(NCCc7cn(C)cn7)nc7c6ncn7[C@@H]6C[C@H](NC(=O)CC)[C@@H](O)[C@H]6O)CC5)CC4)nc(NCCc4cn(C)cn4)nc32)[C@H](O)[C@@H]1O. The zero-order chi connectivity index (χ0) is 54.6. The number of rotatable bonds is 20. The fourth-order valence-corrected chi connectivity index (χ4v) is 11.5. The smallest absolute Gasteiger partial charge is 0.315 e. The number of nitrogens with zero attached hydrogens (tertiary/aromatic N) is 12. The van der Waals surface area contributed by atoms with Gasteiger partial charge in [0.15, 0.2) is 34.0 Å². The van der Waals surface area contributed by atoms with Gasteiger partial charge >= 0.3 is 6.03 Å². The van der Waals surface area contributed by atoms with Crippen molar-refractivity contribution in [3.8, 4) is 0 Å². The predicted octanol–water partition coefficient (Wildman–Crippen LogP) is 1.31. The van der Waals surface area contributed by atoms with Gasteiger partial charge in [-0.3, -0.25) is 9.59 Å². The highest BCUT2D eigenvalue weighted by molar-refractivity contribution is 5.86. The van der Waals surface area contributed by atoms with Gasteiger partial charge in [0.25, 0.3) is 0 Å². The van der Waals surface area contributed by atoms with Crippen LogP contribution in [0.15, 0.2) is 37.7 Å². The molecule has 0 unspecified atom stereocenters. The van der Waals surface area contributed by atoms with Gasteiger partial charge in [0.1, 0.15) is 24.4 Å². The van der Waals surface area contributed by atoms with Crippen molar-refractivity contribution in [3.05, 3.63) is 49.1 Å². The fourth-order valence-electron chi connectivity index (χ4n) is 11.5. The highest BCUT2D eigenvalue weighted by Crippen LogP contribution is 2.37. The van der Waals surface area contributed by atoms with E-state index in [0.717, 1.165) is 62.8 Å². The molecule has 4 fully saturated rings. The van der Waals surface area contributed by atoms with Crippen LogP contribution in [-0.4, -0.2) is 170 Å². The monoisotopic (exact) mass is 1080 g/mol. The Balaban J connectivity index is 0.740. The topological polar surface area (TPSA) is 351 Å². The van der Waals surface area contributed by atoms with Crippen LogP contribution in [0, 0.1) is 0 Å². The van der Waals surface area contributed by atoms with Crippen LogP contribution < -0.4 is 42.5 Å². The standard InChI is InChI=1S/C51H74N20O7/c1-5-37(72)62-33-19-35(43(76)41(33)74)70-25-56-39-45(64-49(66-47(39)70)52-17-15-31-21-68(3)23-54-31)58-27-7-11-29(12-8-27)60-51(78)61-30-13-9-28(10-14-30)59-46-40-48(67-50(65-46)53-18-16-32-22-69(4)24-55-32)71(26-57-40)36-20-34(42(75)44(36)77)63-38(73)6-2/h21-30,33-36,41-44,74-77H,5-20H2,1-4H3,(H,62,72)(H,63,73)(H2,60,61,78)(H2,52,58,64,66)(H2,53,59,65,67)/t27-,28-,29-,30-,33-,34-,35+,36+,41+,42+,43-,44-/m0/s1. The van der Waals surface area contributed by atoms with Crippen LogP contribution in [0.3, 0.4) is 0 Å². The molecular formula is C51H74N20O7. The molecule has 4 amide bonds. The van der Waals surface area contributed by atoms with Crippen molar-refractivity contribution < 1.29 is 34.8 Å². The molecule has 0 aromatic carbocycles. The molecule has 4 saturated carbocycles. The van der Waals surface area contributed by atoms with Gasteiger partial charge in [-0.05, 0) is 64.2 Å². The number of urea groups is 1. The minimum Gasteiger partial charge on any atom is -0.388 e. The summed E-state index contributed by atoms with van der Waals surface area (Å²) in [7, 11) is 3.84. The van der Waals surface area contributed by atoms with Crippen molar-refractivity contribution in [1.29, 1.82) is 0 Å². The van der Waals surface area contributed by atoms with Crippen LogP contribution in [0.5, 0.6) is 0 Å². The van der Waals surface area contributed by atoms with Gasteiger partial charge in [0.2, 0.25) is 23.7 Å². The van der Waals surface area contributed by atoms with E-state index in [1.54, 1.807) is 48.3 Å². The average Bonchev–Trinajstić information content (AvgIpc) is 4.32. The van der Waals surface area contributed by atoms with E-state index in [1.807, 2.05) is 35.6 Å². The Morgan fingerprint density at radius 3 is 1.29 bits per heavy atom. The molecule has 10 rings (SSSR count). The van der Waals surface area contributed by atoms with Crippen LogP contribution in [-0.2, 0) is 36.5 Å². The van der Waals surface area contributed by atoms with E-state index in [0.29, 0.717) is 84.6 Å². The molecule has 6 aromatic rings. The number of hydrogen-bond acceptors (Lipinski definition) is 19. The molecule has 4 aliphatic carbocycles. The number of aryl methyl sites for hydroxylation is 2. The van der Waals surface area contributed by atoms with Gasteiger partial charge in [0, 0.05) is 89.4 Å². The molecule has 6 aromatic heterocycles. The van der Waals surface area contributed by atoms with Crippen molar-refractivity contribution in [3.63, 3.8) is 0 Å². The minimum atomic E-state index is -1.16. The Kier molecular flexibility index (Phi) is 16.5. The summed E-state index contributed by atoms with van der Waals surface area (Å²) in [6.45, 7) is 4.51. The second kappa shape index (κ2) is 23.8. The molecule has 27 nitrogen and oxygen atoms in total. The van der Waals surface area contributed by atoms with E-state index in [4.69, 9.17) is 29.9 Å². The molecule has 6 heterocycles. The molecule has 420 valence electrons. The molecule has 0 aliphatic heterocycles. The van der Waals surface area contributed by atoms with Crippen LogP contribution >= 0.6 is 0 Å². The summed E-state index contributed by atoms with van der Waals surface area (Å²) in [6, 6.07) is -2.61. The molecule has 0 spiro atoms. The number of aliphatic hydroxyl groups excluding tert-OH is 4. The molecule has 8 atom stereocenters. The number of anilines is 4. The average molecular weight is 1080 g/mol. The van der Waals surface area contributed by atoms with Crippen molar-refractivity contribution in [2.45, 2.75) is 176 Å². The number of aliphatic hydroxyl groups is 4. The first-order valence-electron chi connectivity index (χ1n) is 27.5. The number of carbonyl (C=O) groups is 3. The zero-order valence-corrected chi connectivity index (χ0v) is 44.6. The van der Waals surface area contributed by atoms with Gasteiger partial charge < -0.3 is 81.2 Å². The van der Waals surface area contributed by atoms with Gasteiger partial charge in [-0.1, -0.05) is 13.8 Å². The summed E-state index contributed by atoms with van der Waals surface area (Å²) >= 11 is 0. The van der Waals surface area contributed by atoms with E-state index >= 15 is 0 Å². The third-order valence-corrected chi connectivity index (χ3v) is 15.8. The normalized spacial score (nSPS) is 27.2. The van der Waals surface area contributed by atoms with Gasteiger partial charge in [-0.15, -0.1) is 0 Å². The van der Waals surface area contributed by atoms with E-state index in [-0.39, 0.29) is 54.9 Å². The number of nitrogens with one attached hydrogen (secondary N) is 8. The first-order chi connectivity index (χ1) is 37.7.